The Labute approximate surface area is 115 Å². The molecule has 0 bridgehead atoms. The molecule has 20 heavy (non-hydrogen) atoms. The van der Waals surface area contributed by atoms with Crippen LogP contribution in [0.3, 0.4) is 0 Å². The monoisotopic (exact) mass is 290 g/mol. The van der Waals surface area contributed by atoms with E-state index in [9.17, 15) is 12.8 Å². The Bertz CT molecular complexity index is 900. The van der Waals surface area contributed by atoms with E-state index >= 15 is 0 Å². The summed E-state index contributed by atoms with van der Waals surface area (Å²) in [7, 11) is -3.86. The van der Waals surface area contributed by atoms with E-state index in [1.807, 2.05) is 0 Å². The van der Waals surface area contributed by atoms with Gasteiger partial charge in [0.1, 0.15) is 0 Å². The third-order valence-corrected chi connectivity index (χ3v) is 4.92. The van der Waals surface area contributed by atoms with E-state index in [1.165, 1.54) is 18.3 Å². The highest BCUT2D eigenvalue weighted by Crippen LogP contribution is 2.24. The van der Waals surface area contributed by atoms with Gasteiger partial charge in [-0.2, -0.15) is 0 Å². The second-order valence-electron chi connectivity index (χ2n) is 4.42. The van der Waals surface area contributed by atoms with Gasteiger partial charge in [0.25, 0.3) is 10.0 Å². The number of fused-ring (bicyclic) bond motifs is 1. The number of aryl methyl sites for hydroxylation is 1. The Hall–Kier alpha value is -2.21. The molecule has 4 nitrogen and oxygen atoms in total. The Kier molecular flexibility index (Phi) is 2.83. The lowest BCUT2D eigenvalue weighted by atomic mass is 10.2. The average Bonchev–Trinajstić information content (AvgIpc) is 2.78. The van der Waals surface area contributed by atoms with Gasteiger partial charge in [0.15, 0.2) is 11.5 Å². The normalized spacial score (nSPS) is 11.9. The first-order valence-corrected chi connectivity index (χ1v) is 7.38. The van der Waals surface area contributed by atoms with Crippen LogP contribution in [0, 0.1) is 12.7 Å². The molecule has 1 aromatic carbocycles. The summed E-state index contributed by atoms with van der Waals surface area (Å²) in [5.74, 6) is -0.606. The summed E-state index contributed by atoms with van der Waals surface area (Å²) in [5, 5.41) is 0.185. The van der Waals surface area contributed by atoms with Gasteiger partial charge in [-0.1, -0.05) is 18.2 Å². The van der Waals surface area contributed by atoms with Gasteiger partial charge in [0.2, 0.25) is 0 Å². The van der Waals surface area contributed by atoms with Crippen molar-refractivity contribution in [2.45, 2.75) is 11.8 Å². The molecule has 3 aromatic rings. The molecular weight excluding hydrogens is 279 g/mol. The zero-order valence-electron chi connectivity index (χ0n) is 10.6. The summed E-state index contributed by atoms with van der Waals surface area (Å²) in [5.41, 5.74) is 0.693. The molecule has 0 unspecified atom stereocenters. The molecule has 0 atom stereocenters. The van der Waals surface area contributed by atoms with Crippen molar-refractivity contribution in [3.63, 3.8) is 0 Å². The van der Waals surface area contributed by atoms with Crippen LogP contribution in [0.25, 0.3) is 11.0 Å². The van der Waals surface area contributed by atoms with Crippen LogP contribution >= 0.6 is 0 Å². The maximum absolute atomic E-state index is 13.8. The van der Waals surface area contributed by atoms with Crippen molar-refractivity contribution < 1.29 is 12.8 Å². The fraction of sp³-hybridized carbons (Fsp3) is 0.0714. The van der Waals surface area contributed by atoms with Gasteiger partial charge < -0.3 is 0 Å². The van der Waals surface area contributed by atoms with Crippen molar-refractivity contribution in [3.8, 4) is 0 Å². The molecule has 2 aromatic heterocycles. The standard InChI is InChI=1S/C14H11FN2O2S/c1-10-5-2-3-7-13(10)20(18,19)17-9-12(15)11-6-4-8-16-14(11)17/h2-9H,1H3. The van der Waals surface area contributed by atoms with Crippen molar-refractivity contribution in [1.29, 1.82) is 0 Å². The minimum atomic E-state index is -3.86. The van der Waals surface area contributed by atoms with Crippen molar-refractivity contribution >= 4 is 21.1 Å². The second kappa shape index (κ2) is 4.42. The Morgan fingerprint density at radius 3 is 2.65 bits per heavy atom. The molecule has 6 heteroatoms. The number of rotatable bonds is 2. The zero-order valence-corrected chi connectivity index (χ0v) is 11.4. The quantitative estimate of drug-likeness (QED) is 0.729. The summed E-state index contributed by atoms with van der Waals surface area (Å²) in [6, 6.07) is 9.65. The maximum Gasteiger partial charge on any atom is 0.269 e. The van der Waals surface area contributed by atoms with Gasteiger partial charge in [-0.3, -0.25) is 0 Å². The topological polar surface area (TPSA) is 52.0 Å². The van der Waals surface area contributed by atoms with Crippen LogP contribution in [0.1, 0.15) is 5.56 Å². The Morgan fingerprint density at radius 2 is 1.90 bits per heavy atom. The first-order valence-electron chi connectivity index (χ1n) is 5.94. The van der Waals surface area contributed by atoms with Crippen LogP contribution in [-0.2, 0) is 10.0 Å². The van der Waals surface area contributed by atoms with Crippen molar-refractivity contribution in [3.05, 3.63) is 60.2 Å². The maximum atomic E-state index is 13.8. The lowest BCUT2D eigenvalue weighted by Crippen LogP contribution is -2.13. The van der Waals surface area contributed by atoms with E-state index in [0.717, 1.165) is 10.2 Å². The van der Waals surface area contributed by atoms with Crippen LogP contribution in [0.5, 0.6) is 0 Å². The van der Waals surface area contributed by atoms with Crippen LogP contribution in [-0.4, -0.2) is 17.4 Å². The van der Waals surface area contributed by atoms with Crippen LogP contribution in [0.4, 0.5) is 4.39 Å². The first-order chi connectivity index (χ1) is 9.51. The van der Waals surface area contributed by atoms with E-state index in [0.29, 0.717) is 5.56 Å². The highest BCUT2D eigenvalue weighted by atomic mass is 32.2. The molecular formula is C14H11FN2O2S. The molecule has 3 rings (SSSR count). The average molecular weight is 290 g/mol. The molecule has 0 saturated carbocycles. The number of benzene rings is 1. The van der Waals surface area contributed by atoms with Crippen molar-refractivity contribution in [2.24, 2.45) is 0 Å². The lowest BCUT2D eigenvalue weighted by molar-refractivity contribution is 0.585. The van der Waals surface area contributed by atoms with Crippen LogP contribution in [0.15, 0.2) is 53.7 Å². The van der Waals surface area contributed by atoms with Crippen LogP contribution < -0.4 is 0 Å². The third-order valence-electron chi connectivity index (χ3n) is 3.11. The molecule has 0 fully saturated rings. The summed E-state index contributed by atoms with van der Waals surface area (Å²) in [4.78, 5) is 4.11. The molecule has 102 valence electrons. The van der Waals surface area contributed by atoms with Crippen LogP contribution in [0.2, 0.25) is 0 Å². The molecule has 0 aliphatic carbocycles. The molecule has 0 aliphatic rings. The second-order valence-corrected chi connectivity index (χ2v) is 6.20. The first kappa shape index (κ1) is 12.8. The van der Waals surface area contributed by atoms with Gasteiger partial charge in [-0.05, 0) is 30.7 Å². The van der Waals surface area contributed by atoms with Gasteiger partial charge in [-0.25, -0.2) is 21.8 Å². The minimum absolute atomic E-state index is 0.0910. The van der Waals surface area contributed by atoms with Crippen molar-refractivity contribution in [1.82, 2.24) is 8.96 Å². The summed E-state index contributed by atoms with van der Waals surface area (Å²) in [6.07, 6.45) is 2.39. The van der Waals surface area contributed by atoms with E-state index in [-0.39, 0.29) is 15.9 Å². The summed E-state index contributed by atoms with van der Waals surface area (Å²) < 4.78 is 40.0. The highest BCUT2D eigenvalue weighted by Gasteiger charge is 2.23. The van der Waals surface area contributed by atoms with Crippen molar-refractivity contribution in [2.75, 3.05) is 0 Å². The number of aromatic nitrogens is 2. The lowest BCUT2D eigenvalue weighted by Gasteiger charge is -2.08. The van der Waals surface area contributed by atoms with E-state index in [1.54, 1.807) is 31.2 Å². The highest BCUT2D eigenvalue weighted by molar-refractivity contribution is 7.90. The number of halogens is 1. The molecule has 0 amide bonds. The molecule has 0 radical (unpaired) electrons. The number of pyridine rings is 1. The fourth-order valence-electron chi connectivity index (χ4n) is 2.13. The minimum Gasteiger partial charge on any atom is -0.237 e. The predicted octanol–water partition coefficient (Wildman–Crippen LogP) is 2.72. The molecule has 0 saturated heterocycles. The molecule has 2 heterocycles. The smallest absolute Gasteiger partial charge is 0.237 e. The molecule has 0 N–H and O–H groups in total. The van der Waals surface area contributed by atoms with Gasteiger partial charge in [-0.15, -0.1) is 0 Å². The van der Waals surface area contributed by atoms with E-state index < -0.39 is 15.8 Å². The zero-order chi connectivity index (χ0) is 14.3. The number of nitrogens with zero attached hydrogens (tertiary/aromatic N) is 2. The van der Waals surface area contributed by atoms with Gasteiger partial charge in [0, 0.05) is 6.20 Å². The number of hydrogen-bond donors (Lipinski definition) is 0. The van der Waals surface area contributed by atoms with Gasteiger partial charge >= 0.3 is 0 Å². The third kappa shape index (κ3) is 1.80. The van der Waals surface area contributed by atoms with Gasteiger partial charge in [0.05, 0.1) is 16.5 Å². The SMILES string of the molecule is Cc1ccccc1S(=O)(=O)n1cc(F)c2cccnc21. The Balaban J connectivity index is 2.33. The molecule has 0 aliphatic heterocycles. The summed E-state index contributed by atoms with van der Waals surface area (Å²) >= 11 is 0. The predicted molar refractivity (Wildman–Crippen MR) is 73.5 cm³/mol. The fourth-order valence-corrected chi connectivity index (χ4v) is 3.67. The van der Waals surface area contributed by atoms with E-state index in [4.69, 9.17) is 0 Å². The largest absolute Gasteiger partial charge is 0.269 e. The number of hydrogen-bond acceptors (Lipinski definition) is 3. The molecule has 0 spiro atoms. The van der Waals surface area contributed by atoms with E-state index in [2.05, 4.69) is 4.98 Å². The Morgan fingerprint density at radius 1 is 1.15 bits per heavy atom. The summed E-state index contributed by atoms with van der Waals surface area (Å²) in [6.45, 7) is 1.70.